The summed E-state index contributed by atoms with van der Waals surface area (Å²) in [6.07, 6.45) is 0. The predicted molar refractivity (Wildman–Crippen MR) is 108 cm³/mol. The number of nitrogens with two attached hydrogens (primary N) is 2. The number of hydrogen-bond acceptors (Lipinski definition) is 13. The van der Waals surface area contributed by atoms with Gasteiger partial charge in [0.2, 0.25) is 0 Å². The van der Waals surface area contributed by atoms with Gasteiger partial charge in [-0.15, -0.1) is 0 Å². The van der Waals surface area contributed by atoms with Gasteiger partial charge in [-0.2, -0.15) is 0 Å². The van der Waals surface area contributed by atoms with Crippen LogP contribution in [0.25, 0.3) is 0 Å². The monoisotopic (exact) mass is 398 g/mol. The first-order valence-electron chi connectivity index (χ1n) is 4.79. The van der Waals surface area contributed by atoms with Crippen LogP contribution < -0.4 is 16.8 Å². The summed E-state index contributed by atoms with van der Waals surface area (Å²) in [5.74, 6) is 0. The van der Waals surface area contributed by atoms with E-state index in [-0.39, 0.29) is 0 Å². The van der Waals surface area contributed by atoms with E-state index in [0.29, 0.717) is 13.1 Å². The molecule has 0 aromatic carbocycles. The molecule has 0 spiro atoms. The van der Waals surface area contributed by atoms with E-state index in [1.54, 1.807) is 25.8 Å². The van der Waals surface area contributed by atoms with Gasteiger partial charge in [-0.05, 0) is 61.1 Å². The first kappa shape index (κ1) is 37.3. The van der Waals surface area contributed by atoms with Gasteiger partial charge in [0, 0.05) is 26.2 Å². The topological polar surface area (TPSA) is 183 Å². The Morgan fingerprint density at radius 2 is 0.727 bits per heavy atom. The van der Waals surface area contributed by atoms with Crippen LogP contribution in [0.5, 0.6) is 0 Å². The van der Waals surface area contributed by atoms with Crippen LogP contribution in [0.15, 0.2) is 0 Å². The second kappa shape index (κ2) is 89.9. The van der Waals surface area contributed by atoms with Crippen LogP contribution >= 0.6 is 61.1 Å². The maximum Gasteiger partial charge on any atom is 0.0554 e. The fourth-order valence-corrected chi connectivity index (χ4v) is 0.329. The number of rotatable bonds is 4. The number of nitrogens with one attached hydrogen (secondary N) is 6. The van der Waals surface area contributed by atoms with Crippen molar-refractivity contribution >= 4 is 86.9 Å². The minimum Gasteiger partial charge on any atom is -0.329 e. The van der Waals surface area contributed by atoms with E-state index in [4.69, 9.17) is 38.5 Å². The molecule has 0 aromatic rings. The van der Waals surface area contributed by atoms with Gasteiger partial charge in [0.1, 0.15) is 0 Å². The smallest absolute Gasteiger partial charge is 0.0554 e. The lowest BCUT2D eigenvalue weighted by Crippen LogP contribution is -2.27. The largest absolute Gasteiger partial charge is 0.329 e. The van der Waals surface area contributed by atoms with Gasteiger partial charge in [0.25, 0.3) is 0 Å². The lowest BCUT2D eigenvalue weighted by molar-refractivity contribution is 0.696. The third kappa shape index (κ3) is 728. The van der Waals surface area contributed by atoms with E-state index in [2.05, 4.69) is 66.4 Å². The summed E-state index contributed by atoms with van der Waals surface area (Å²) in [4.78, 5) is 0. The van der Waals surface area contributed by atoms with Crippen molar-refractivity contribution in [3.05, 3.63) is 0 Å². The van der Waals surface area contributed by atoms with Crippen LogP contribution in [0.2, 0.25) is 0 Å². The molecule has 13 heteroatoms. The first-order valence-corrected chi connectivity index (χ1v) is 6.84. The van der Waals surface area contributed by atoms with E-state index in [0.717, 1.165) is 13.1 Å². The molecule has 10 N–H and O–H groups in total. The van der Waals surface area contributed by atoms with E-state index in [9.17, 15) is 0 Å². The van der Waals surface area contributed by atoms with E-state index >= 15 is 0 Å². The highest BCUT2D eigenvalue weighted by atomic mass is 32.1. The molecule has 0 saturated heterocycles. The van der Waals surface area contributed by atoms with Crippen LogP contribution in [0.4, 0.5) is 0 Å². The molecule has 0 saturated carbocycles. The molecule has 22 heavy (non-hydrogen) atoms. The molecule has 0 radical (unpaired) electrons. The van der Waals surface area contributed by atoms with Gasteiger partial charge in [-0.1, -0.05) is 0 Å². The van der Waals surface area contributed by atoms with Crippen molar-refractivity contribution in [2.75, 3.05) is 26.2 Å². The molecule has 0 aliphatic heterocycles. The van der Waals surface area contributed by atoms with Crippen molar-refractivity contribution in [3.8, 4) is 0 Å². The number of isothiocyanates is 5. The average Bonchev–Trinajstić information content (AvgIpc) is 2.44. The van der Waals surface area contributed by atoms with Crippen molar-refractivity contribution < 1.29 is 0 Å². The maximum atomic E-state index is 5.77. The lowest BCUT2D eigenvalue weighted by atomic mass is 10.6. The normalized spacial score (nSPS) is 4.82. The molecule has 0 unspecified atom stereocenters. The maximum absolute atomic E-state index is 5.77. The van der Waals surface area contributed by atoms with Crippen molar-refractivity contribution in [1.29, 1.82) is 27.0 Å². The quantitative estimate of drug-likeness (QED) is 0.200. The van der Waals surface area contributed by atoms with Gasteiger partial charge in [-0.3, -0.25) is 0 Å². The Bertz CT molecular complexity index is 269. The summed E-state index contributed by atoms with van der Waals surface area (Å²) in [6, 6.07) is 0. The third-order valence-corrected chi connectivity index (χ3v) is 0.642. The van der Waals surface area contributed by atoms with Crippen LogP contribution in [0.1, 0.15) is 0 Å². The molecular weight excluding hydrogens is 380 g/mol. The Morgan fingerprint density at radius 3 is 0.818 bits per heavy atom. The molecule has 0 bridgehead atoms. The number of hydrogen-bond donors (Lipinski definition) is 8. The molecule has 8 nitrogen and oxygen atoms in total. The summed E-state index contributed by atoms with van der Waals surface area (Å²) >= 11 is 19.1. The van der Waals surface area contributed by atoms with Gasteiger partial charge < -0.3 is 16.8 Å². The minimum atomic E-state index is 0.694. The standard InChI is InChI=1S/C4H13N3.5CHNS/c5-1-3-7-4-2-6;5*2-1-3/h7H,1-6H2;5*2H. The summed E-state index contributed by atoms with van der Waals surface area (Å²) in [7, 11) is 0. The Morgan fingerprint density at radius 1 is 0.591 bits per heavy atom. The molecule has 0 aliphatic carbocycles. The van der Waals surface area contributed by atoms with E-state index < -0.39 is 0 Å². The first-order chi connectivity index (χ1) is 10.5. The SMILES string of the molecule is N=C=S.N=C=S.N=C=S.N=C=S.N=C=S.NCCNCCN. The fourth-order valence-electron chi connectivity index (χ4n) is 0.329. The van der Waals surface area contributed by atoms with Gasteiger partial charge in [-0.25, -0.2) is 27.0 Å². The Labute approximate surface area is 156 Å². The second-order valence-corrected chi connectivity index (χ2v) is 2.86. The minimum absolute atomic E-state index is 0.694. The third-order valence-electron chi connectivity index (χ3n) is 0.642. The molecule has 0 fully saturated rings. The van der Waals surface area contributed by atoms with Crippen molar-refractivity contribution in [2.45, 2.75) is 0 Å². The number of thiocarbonyl (C=S) groups is 5. The van der Waals surface area contributed by atoms with Crippen molar-refractivity contribution in [2.24, 2.45) is 11.5 Å². The molecule has 0 atom stereocenters. The predicted octanol–water partition coefficient (Wildman–Crippen LogP) is 1.83. The fraction of sp³-hybridized carbons (Fsp3) is 0.444. The Kier molecular flexibility index (Phi) is 152. The summed E-state index contributed by atoms with van der Waals surface area (Å²) < 4.78 is 0. The molecule has 0 rings (SSSR count). The average molecular weight is 399 g/mol. The zero-order valence-corrected chi connectivity index (χ0v) is 15.6. The lowest BCUT2D eigenvalue weighted by Gasteiger charge is -1.95. The summed E-state index contributed by atoms with van der Waals surface area (Å²) in [5, 5.41) is 39.8. The van der Waals surface area contributed by atoms with Crippen LogP contribution in [-0.2, 0) is 0 Å². The molecule has 0 aromatic heterocycles. The highest BCUT2D eigenvalue weighted by molar-refractivity contribution is 7.78. The van der Waals surface area contributed by atoms with Gasteiger partial charge in [0.05, 0.1) is 25.8 Å². The Hall–Kier alpha value is -1.12. The van der Waals surface area contributed by atoms with Crippen molar-refractivity contribution in [3.63, 3.8) is 0 Å². The zero-order chi connectivity index (χ0) is 19.1. The molecule has 0 heterocycles. The van der Waals surface area contributed by atoms with Crippen LogP contribution in [-0.4, -0.2) is 52.0 Å². The Balaban J connectivity index is -0.0000000371. The van der Waals surface area contributed by atoms with Crippen LogP contribution in [0, 0.1) is 27.0 Å². The van der Waals surface area contributed by atoms with E-state index in [1.807, 2.05) is 0 Å². The molecule has 0 amide bonds. The van der Waals surface area contributed by atoms with Crippen LogP contribution in [0.3, 0.4) is 0 Å². The van der Waals surface area contributed by atoms with Gasteiger partial charge in [0.15, 0.2) is 0 Å². The zero-order valence-electron chi connectivity index (χ0n) is 11.5. The highest BCUT2D eigenvalue weighted by Gasteiger charge is 1.76. The molecule has 124 valence electrons. The second-order valence-electron chi connectivity index (χ2n) is 1.84. The molecule has 0 aliphatic rings. The van der Waals surface area contributed by atoms with E-state index in [1.165, 1.54) is 0 Å². The molecular formula is C9H18N8S5. The highest BCUT2D eigenvalue weighted by Crippen LogP contribution is 1.49. The van der Waals surface area contributed by atoms with Gasteiger partial charge >= 0.3 is 0 Å². The summed E-state index contributed by atoms with van der Waals surface area (Å²) in [6.45, 7) is 3.13. The van der Waals surface area contributed by atoms with Crippen molar-refractivity contribution in [1.82, 2.24) is 5.32 Å². The summed E-state index contributed by atoms with van der Waals surface area (Å²) in [5.41, 5.74) is 10.3.